The van der Waals surface area contributed by atoms with Crippen molar-refractivity contribution in [3.8, 4) is 17.1 Å². The molecule has 2 aliphatic rings. The minimum absolute atomic E-state index is 0.0938. The van der Waals surface area contributed by atoms with Crippen molar-refractivity contribution >= 4 is 0 Å². The standard InChI is InChI=1S/C19H24FN3O3/c1-25-15-2-3-17(18(20)9-15)19-21-5-6-23(19)13-8-14-12-26-16(4-7-24)11-22(14)10-13/h2-3,5-6,9,13-14,16,24H,4,7-8,10-12H2,1H3/t13-,14+,16+/m1/s1. The highest BCUT2D eigenvalue weighted by molar-refractivity contribution is 5.58. The summed E-state index contributed by atoms with van der Waals surface area (Å²) in [6.07, 6.45) is 5.36. The Hall–Kier alpha value is -1.96. The summed E-state index contributed by atoms with van der Waals surface area (Å²) >= 11 is 0. The number of nitrogens with zero attached hydrogens (tertiary/aromatic N) is 3. The average Bonchev–Trinajstić information content (AvgIpc) is 3.27. The summed E-state index contributed by atoms with van der Waals surface area (Å²) in [5.74, 6) is 0.802. The van der Waals surface area contributed by atoms with E-state index in [1.165, 1.54) is 13.2 Å². The molecule has 2 saturated heterocycles. The van der Waals surface area contributed by atoms with Crippen LogP contribution in [0.25, 0.3) is 11.4 Å². The van der Waals surface area contributed by atoms with Gasteiger partial charge in [-0.1, -0.05) is 0 Å². The van der Waals surface area contributed by atoms with Crippen LogP contribution < -0.4 is 4.74 Å². The van der Waals surface area contributed by atoms with Gasteiger partial charge in [0, 0.05) is 50.2 Å². The number of imidazole rings is 1. The fourth-order valence-electron chi connectivity index (χ4n) is 4.06. The van der Waals surface area contributed by atoms with Crippen molar-refractivity contribution in [3.05, 3.63) is 36.4 Å². The monoisotopic (exact) mass is 361 g/mol. The van der Waals surface area contributed by atoms with Crippen LogP contribution >= 0.6 is 0 Å². The summed E-state index contributed by atoms with van der Waals surface area (Å²) in [5, 5.41) is 9.13. The van der Waals surface area contributed by atoms with E-state index in [-0.39, 0.29) is 24.6 Å². The second kappa shape index (κ2) is 7.34. The summed E-state index contributed by atoms with van der Waals surface area (Å²) in [4.78, 5) is 6.83. The number of methoxy groups -OCH3 is 1. The fraction of sp³-hybridized carbons (Fsp3) is 0.526. The maximum atomic E-state index is 14.5. The van der Waals surface area contributed by atoms with Gasteiger partial charge in [0.25, 0.3) is 0 Å². The Morgan fingerprint density at radius 3 is 3.00 bits per heavy atom. The molecule has 0 aliphatic carbocycles. The van der Waals surface area contributed by atoms with Crippen molar-refractivity contribution in [2.75, 3.05) is 33.4 Å². The molecular formula is C19H24FN3O3. The largest absolute Gasteiger partial charge is 0.497 e. The number of aliphatic hydroxyl groups is 1. The minimum Gasteiger partial charge on any atom is -0.497 e. The van der Waals surface area contributed by atoms with Crippen LogP contribution in [0.15, 0.2) is 30.6 Å². The van der Waals surface area contributed by atoms with Crippen LogP contribution in [0.3, 0.4) is 0 Å². The number of fused-ring (bicyclic) bond motifs is 1. The molecule has 3 heterocycles. The number of benzene rings is 1. The van der Waals surface area contributed by atoms with Crippen molar-refractivity contribution in [3.63, 3.8) is 0 Å². The van der Waals surface area contributed by atoms with Gasteiger partial charge in [-0.2, -0.15) is 0 Å². The first kappa shape index (κ1) is 17.5. The zero-order valence-corrected chi connectivity index (χ0v) is 14.8. The molecule has 0 unspecified atom stereocenters. The molecule has 26 heavy (non-hydrogen) atoms. The van der Waals surface area contributed by atoms with Crippen LogP contribution in [0.5, 0.6) is 5.75 Å². The van der Waals surface area contributed by atoms with E-state index < -0.39 is 0 Å². The van der Waals surface area contributed by atoms with Gasteiger partial charge in [0.05, 0.1) is 25.4 Å². The summed E-state index contributed by atoms with van der Waals surface area (Å²) in [6, 6.07) is 5.46. The smallest absolute Gasteiger partial charge is 0.143 e. The van der Waals surface area contributed by atoms with Gasteiger partial charge in [-0.05, 0) is 25.0 Å². The second-order valence-electron chi connectivity index (χ2n) is 6.97. The van der Waals surface area contributed by atoms with Crippen molar-refractivity contribution in [2.24, 2.45) is 0 Å². The van der Waals surface area contributed by atoms with Gasteiger partial charge in [-0.15, -0.1) is 0 Å². The number of rotatable bonds is 5. The molecule has 1 aromatic carbocycles. The highest BCUT2D eigenvalue weighted by Crippen LogP contribution is 2.34. The van der Waals surface area contributed by atoms with Crippen LogP contribution in [0.2, 0.25) is 0 Å². The first-order valence-electron chi connectivity index (χ1n) is 9.03. The van der Waals surface area contributed by atoms with Crippen LogP contribution in [-0.4, -0.2) is 65.1 Å². The van der Waals surface area contributed by atoms with Crippen LogP contribution in [0.4, 0.5) is 4.39 Å². The third-order valence-corrected chi connectivity index (χ3v) is 5.40. The first-order chi connectivity index (χ1) is 12.7. The molecule has 0 saturated carbocycles. The molecule has 1 N–H and O–H groups in total. The molecule has 140 valence electrons. The summed E-state index contributed by atoms with van der Waals surface area (Å²) in [6.45, 7) is 2.55. The lowest BCUT2D eigenvalue weighted by atomic mass is 10.1. The van der Waals surface area contributed by atoms with Crippen molar-refractivity contribution in [1.29, 1.82) is 0 Å². The zero-order valence-electron chi connectivity index (χ0n) is 14.8. The molecule has 7 heteroatoms. The van der Waals surface area contributed by atoms with E-state index in [9.17, 15) is 4.39 Å². The van der Waals surface area contributed by atoms with Crippen LogP contribution in [-0.2, 0) is 4.74 Å². The van der Waals surface area contributed by atoms with Gasteiger partial charge in [0.15, 0.2) is 0 Å². The van der Waals surface area contributed by atoms with Gasteiger partial charge in [-0.25, -0.2) is 9.37 Å². The molecule has 3 atom stereocenters. The van der Waals surface area contributed by atoms with E-state index in [1.807, 2.05) is 6.20 Å². The molecule has 0 bridgehead atoms. The van der Waals surface area contributed by atoms with E-state index in [1.54, 1.807) is 18.3 Å². The van der Waals surface area contributed by atoms with E-state index in [0.29, 0.717) is 36.2 Å². The van der Waals surface area contributed by atoms with Gasteiger partial charge in [0.2, 0.25) is 0 Å². The SMILES string of the molecule is COc1ccc(-c2nccn2[C@@H]2C[C@H]3CO[C@@H](CCO)CN3C2)c(F)c1. The van der Waals surface area contributed by atoms with Crippen LogP contribution in [0, 0.1) is 5.82 Å². The molecular weight excluding hydrogens is 337 g/mol. The predicted molar refractivity (Wildman–Crippen MR) is 94.6 cm³/mol. The van der Waals surface area contributed by atoms with E-state index in [0.717, 1.165) is 19.5 Å². The number of aromatic nitrogens is 2. The fourth-order valence-corrected chi connectivity index (χ4v) is 4.06. The molecule has 2 fully saturated rings. The molecule has 2 aromatic rings. The Kier molecular flexibility index (Phi) is 4.93. The summed E-state index contributed by atoms with van der Waals surface area (Å²) in [5.41, 5.74) is 0.482. The Morgan fingerprint density at radius 1 is 1.35 bits per heavy atom. The van der Waals surface area contributed by atoms with Crippen molar-refractivity contribution in [2.45, 2.75) is 31.0 Å². The molecule has 0 spiro atoms. The highest BCUT2D eigenvalue weighted by Gasteiger charge is 2.38. The zero-order chi connectivity index (χ0) is 18.1. The normalized spacial score (nSPS) is 26.0. The Morgan fingerprint density at radius 2 is 2.23 bits per heavy atom. The number of aliphatic hydroxyl groups excluding tert-OH is 1. The molecule has 6 nitrogen and oxygen atoms in total. The average molecular weight is 361 g/mol. The van der Waals surface area contributed by atoms with Gasteiger partial charge >= 0.3 is 0 Å². The maximum Gasteiger partial charge on any atom is 0.143 e. The minimum atomic E-state index is -0.334. The molecule has 1 aromatic heterocycles. The lowest BCUT2D eigenvalue weighted by Gasteiger charge is -2.34. The van der Waals surface area contributed by atoms with E-state index in [4.69, 9.17) is 14.6 Å². The van der Waals surface area contributed by atoms with Gasteiger partial charge in [0.1, 0.15) is 17.4 Å². The summed E-state index contributed by atoms with van der Waals surface area (Å²) < 4.78 is 27.5. The number of morpholine rings is 1. The van der Waals surface area contributed by atoms with Gasteiger partial charge in [-0.3, -0.25) is 4.90 Å². The van der Waals surface area contributed by atoms with Crippen molar-refractivity contribution in [1.82, 2.24) is 14.5 Å². The second-order valence-corrected chi connectivity index (χ2v) is 6.97. The number of hydrogen-bond donors (Lipinski definition) is 1. The Bertz CT molecular complexity index is 766. The topological polar surface area (TPSA) is 59.8 Å². The molecule has 0 radical (unpaired) electrons. The number of hydrogen-bond acceptors (Lipinski definition) is 5. The van der Waals surface area contributed by atoms with E-state index >= 15 is 0 Å². The molecule has 4 rings (SSSR count). The molecule has 0 amide bonds. The predicted octanol–water partition coefficient (Wildman–Crippen LogP) is 2.09. The highest BCUT2D eigenvalue weighted by atomic mass is 19.1. The third kappa shape index (κ3) is 3.22. The van der Waals surface area contributed by atoms with E-state index in [2.05, 4.69) is 14.5 Å². The quantitative estimate of drug-likeness (QED) is 0.884. The third-order valence-electron chi connectivity index (χ3n) is 5.40. The van der Waals surface area contributed by atoms with Crippen LogP contribution in [0.1, 0.15) is 18.9 Å². The number of halogens is 1. The number of ether oxygens (including phenoxy) is 2. The maximum absolute atomic E-state index is 14.5. The lowest BCUT2D eigenvalue weighted by molar-refractivity contribution is -0.0567. The summed E-state index contributed by atoms with van der Waals surface area (Å²) in [7, 11) is 1.52. The van der Waals surface area contributed by atoms with Gasteiger partial charge < -0.3 is 19.1 Å². The Labute approximate surface area is 152 Å². The Balaban J connectivity index is 1.55. The van der Waals surface area contributed by atoms with Crippen molar-refractivity contribution < 1.29 is 19.0 Å². The first-order valence-corrected chi connectivity index (χ1v) is 9.03. The lowest BCUT2D eigenvalue weighted by Crippen LogP contribution is -2.46. The molecule has 2 aliphatic heterocycles.